The lowest BCUT2D eigenvalue weighted by molar-refractivity contribution is 0.0509. The Morgan fingerprint density at radius 2 is 1.93 bits per heavy atom. The van der Waals surface area contributed by atoms with Crippen LogP contribution in [0.3, 0.4) is 0 Å². The van der Waals surface area contributed by atoms with Crippen LogP contribution in [-0.2, 0) is 11.3 Å². The predicted octanol–water partition coefficient (Wildman–Crippen LogP) is 4.24. The maximum atomic E-state index is 11.8. The number of amides is 1. The van der Waals surface area contributed by atoms with Crippen molar-refractivity contribution in [2.75, 3.05) is 19.6 Å². The number of benzene rings is 1. The highest BCUT2D eigenvalue weighted by atomic mass is 79.9. The van der Waals surface area contributed by atoms with Crippen molar-refractivity contribution in [1.29, 1.82) is 0 Å². The van der Waals surface area contributed by atoms with Gasteiger partial charge in [0.25, 0.3) is 0 Å². The van der Waals surface area contributed by atoms with Crippen LogP contribution in [0.5, 0.6) is 0 Å². The number of carbonyl (C=O) groups excluding carboxylic acids is 1. The molecule has 152 valence electrons. The summed E-state index contributed by atoms with van der Waals surface area (Å²) in [6, 6.07) is 7.81. The molecular formula is C20H27BrN4O3. The Labute approximate surface area is 174 Å². The molecule has 2 aromatic rings. The molecule has 1 aliphatic heterocycles. The molecule has 1 aromatic carbocycles. The number of nitrogens with one attached hydrogen (secondary N) is 1. The van der Waals surface area contributed by atoms with Crippen molar-refractivity contribution in [2.24, 2.45) is 5.92 Å². The number of aromatic nitrogens is 2. The number of carbonyl (C=O) groups is 1. The molecule has 1 aromatic heterocycles. The van der Waals surface area contributed by atoms with Gasteiger partial charge in [-0.15, -0.1) is 10.2 Å². The predicted molar refractivity (Wildman–Crippen MR) is 110 cm³/mol. The molecule has 0 saturated carbocycles. The summed E-state index contributed by atoms with van der Waals surface area (Å²) in [6.45, 7) is 8.78. The Balaban J connectivity index is 1.42. The maximum absolute atomic E-state index is 11.8. The molecule has 0 radical (unpaired) electrons. The second-order valence-corrected chi connectivity index (χ2v) is 9.03. The van der Waals surface area contributed by atoms with Crippen molar-refractivity contribution in [2.45, 2.75) is 45.8 Å². The van der Waals surface area contributed by atoms with Crippen LogP contribution in [0.15, 0.2) is 33.2 Å². The molecule has 1 aliphatic rings. The fourth-order valence-corrected chi connectivity index (χ4v) is 3.37. The molecule has 1 N–H and O–H groups in total. The summed E-state index contributed by atoms with van der Waals surface area (Å²) in [5.74, 6) is 1.63. The van der Waals surface area contributed by atoms with Gasteiger partial charge < -0.3 is 14.5 Å². The van der Waals surface area contributed by atoms with Gasteiger partial charge in [0, 0.05) is 16.6 Å². The lowest BCUT2D eigenvalue weighted by Crippen LogP contribution is -2.40. The molecule has 0 atom stereocenters. The van der Waals surface area contributed by atoms with Gasteiger partial charge in [-0.05, 0) is 76.9 Å². The van der Waals surface area contributed by atoms with Crippen LogP contribution < -0.4 is 5.32 Å². The molecule has 0 spiro atoms. The van der Waals surface area contributed by atoms with E-state index in [1.807, 2.05) is 45.0 Å². The molecular weight excluding hydrogens is 424 g/mol. The molecule has 2 heterocycles. The Morgan fingerprint density at radius 1 is 1.25 bits per heavy atom. The number of hydrogen-bond acceptors (Lipinski definition) is 6. The highest BCUT2D eigenvalue weighted by molar-refractivity contribution is 9.10. The molecule has 1 fully saturated rings. The van der Waals surface area contributed by atoms with Gasteiger partial charge in [-0.1, -0.05) is 15.9 Å². The average molecular weight is 451 g/mol. The second-order valence-electron chi connectivity index (χ2n) is 8.11. The lowest BCUT2D eigenvalue weighted by Gasteiger charge is -2.31. The topological polar surface area (TPSA) is 80.5 Å². The molecule has 7 nitrogen and oxygen atoms in total. The fraction of sp³-hybridized carbons (Fsp3) is 0.550. The largest absolute Gasteiger partial charge is 0.444 e. The number of piperidine rings is 1. The van der Waals surface area contributed by atoms with Crippen molar-refractivity contribution >= 4 is 22.0 Å². The van der Waals surface area contributed by atoms with E-state index in [1.54, 1.807) is 0 Å². The summed E-state index contributed by atoms with van der Waals surface area (Å²) in [6.07, 6.45) is 1.69. The third kappa shape index (κ3) is 6.31. The van der Waals surface area contributed by atoms with Crippen molar-refractivity contribution in [3.8, 4) is 11.5 Å². The van der Waals surface area contributed by atoms with Crippen LogP contribution >= 0.6 is 15.9 Å². The number of halogens is 1. The molecule has 28 heavy (non-hydrogen) atoms. The molecule has 0 aliphatic carbocycles. The Kier molecular flexibility index (Phi) is 6.72. The van der Waals surface area contributed by atoms with E-state index in [2.05, 4.69) is 36.3 Å². The first-order valence-electron chi connectivity index (χ1n) is 9.56. The minimum Gasteiger partial charge on any atom is -0.444 e. The van der Waals surface area contributed by atoms with Gasteiger partial charge in [0.1, 0.15) is 5.60 Å². The highest BCUT2D eigenvalue weighted by Crippen LogP contribution is 2.22. The van der Waals surface area contributed by atoms with E-state index in [-0.39, 0.29) is 6.09 Å². The van der Waals surface area contributed by atoms with Gasteiger partial charge in [-0.2, -0.15) is 0 Å². The normalized spacial score (nSPS) is 16.1. The summed E-state index contributed by atoms with van der Waals surface area (Å²) in [5, 5.41) is 11.2. The summed E-state index contributed by atoms with van der Waals surface area (Å²) < 4.78 is 12.1. The van der Waals surface area contributed by atoms with Gasteiger partial charge in [0.05, 0.1) is 6.54 Å². The standard InChI is InChI=1S/C20H27BrN4O3/c1-20(2,3)28-19(26)22-12-14-8-10-25(11-9-14)13-17-23-24-18(27-17)15-4-6-16(21)7-5-15/h4-7,14H,8-13H2,1-3H3,(H,22,26). The van der Waals surface area contributed by atoms with E-state index in [0.29, 0.717) is 30.8 Å². The molecule has 1 amide bonds. The van der Waals surface area contributed by atoms with E-state index < -0.39 is 5.60 Å². The third-order valence-electron chi connectivity index (χ3n) is 4.56. The van der Waals surface area contributed by atoms with Crippen molar-refractivity contribution in [3.05, 3.63) is 34.6 Å². The van der Waals surface area contributed by atoms with E-state index in [4.69, 9.17) is 9.15 Å². The first-order chi connectivity index (χ1) is 13.3. The van der Waals surface area contributed by atoms with Gasteiger partial charge in [-0.3, -0.25) is 4.90 Å². The van der Waals surface area contributed by atoms with Gasteiger partial charge in [0.2, 0.25) is 11.8 Å². The number of nitrogens with zero attached hydrogens (tertiary/aromatic N) is 3. The SMILES string of the molecule is CC(C)(C)OC(=O)NCC1CCN(Cc2nnc(-c3ccc(Br)cc3)o2)CC1. The number of ether oxygens (including phenoxy) is 1. The van der Waals surface area contributed by atoms with E-state index in [1.165, 1.54) is 0 Å². The molecule has 8 heteroatoms. The molecule has 3 rings (SSSR count). The second kappa shape index (κ2) is 9.05. The first kappa shape index (κ1) is 20.8. The molecule has 1 saturated heterocycles. The minimum atomic E-state index is -0.466. The zero-order valence-corrected chi connectivity index (χ0v) is 18.2. The summed E-state index contributed by atoms with van der Waals surface area (Å²) in [4.78, 5) is 14.1. The first-order valence-corrected chi connectivity index (χ1v) is 10.4. The average Bonchev–Trinajstić information content (AvgIpc) is 3.09. The fourth-order valence-electron chi connectivity index (χ4n) is 3.11. The summed E-state index contributed by atoms with van der Waals surface area (Å²) >= 11 is 3.42. The lowest BCUT2D eigenvalue weighted by atomic mass is 9.97. The zero-order chi connectivity index (χ0) is 20.1. The van der Waals surface area contributed by atoms with Gasteiger partial charge in [-0.25, -0.2) is 4.79 Å². The van der Waals surface area contributed by atoms with E-state index in [0.717, 1.165) is 36.0 Å². The third-order valence-corrected chi connectivity index (χ3v) is 5.09. The molecule has 0 bridgehead atoms. The van der Waals surface area contributed by atoms with Crippen molar-refractivity contribution in [1.82, 2.24) is 20.4 Å². The van der Waals surface area contributed by atoms with Gasteiger partial charge >= 0.3 is 6.09 Å². The van der Waals surface area contributed by atoms with Crippen LogP contribution in [-0.4, -0.2) is 46.4 Å². The van der Waals surface area contributed by atoms with Crippen LogP contribution in [0.4, 0.5) is 4.79 Å². The highest BCUT2D eigenvalue weighted by Gasteiger charge is 2.23. The number of alkyl carbamates (subject to hydrolysis) is 1. The van der Waals surface area contributed by atoms with E-state index >= 15 is 0 Å². The van der Waals surface area contributed by atoms with E-state index in [9.17, 15) is 4.79 Å². The smallest absolute Gasteiger partial charge is 0.407 e. The minimum absolute atomic E-state index is 0.346. The monoisotopic (exact) mass is 450 g/mol. The number of rotatable bonds is 5. The van der Waals surface area contributed by atoms with Gasteiger partial charge in [0.15, 0.2) is 0 Å². The van der Waals surface area contributed by atoms with Crippen LogP contribution in [0, 0.1) is 5.92 Å². The van der Waals surface area contributed by atoms with Crippen LogP contribution in [0.25, 0.3) is 11.5 Å². The Bertz CT molecular complexity index is 777. The Hall–Kier alpha value is -1.93. The summed E-state index contributed by atoms with van der Waals surface area (Å²) in [7, 11) is 0. The Morgan fingerprint density at radius 3 is 2.57 bits per heavy atom. The van der Waals surface area contributed by atoms with Crippen molar-refractivity contribution < 1.29 is 13.9 Å². The number of likely N-dealkylation sites (tertiary alicyclic amines) is 1. The quantitative estimate of drug-likeness (QED) is 0.733. The van der Waals surface area contributed by atoms with Crippen LogP contribution in [0.2, 0.25) is 0 Å². The maximum Gasteiger partial charge on any atom is 0.407 e. The molecule has 0 unspecified atom stereocenters. The van der Waals surface area contributed by atoms with Crippen LogP contribution in [0.1, 0.15) is 39.5 Å². The zero-order valence-electron chi connectivity index (χ0n) is 16.6. The van der Waals surface area contributed by atoms with Crippen molar-refractivity contribution in [3.63, 3.8) is 0 Å². The summed E-state index contributed by atoms with van der Waals surface area (Å²) in [5.41, 5.74) is 0.445. The number of hydrogen-bond donors (Lipinski definition) is 1.